The van der Waals surface area contributed by atoms with Gasteiger partial charge in [0, 0.05) is 11.6 Å². The van der Waals surface area contributed by atoms with Gasteiger partial charge in [-0.25, -0.2) is 0 Å². The fourth-order valence-electron chi connectivity index (χ4n) is 3.71. The van der Waals surface area contributed by atoms with Crippen molar-refractivity contribution in [3.63, 3.8) is 0 Å². The number of rotatable bonds is 11. The summed E-state index contributed by atoms with van der Waals surface area (Å²) in [7, 11) is 0. The van der Waals surface area contributed by atoms with Crippen molar-refractivity contribution < 1.29 is 9.15 Å². The molecule has 3 rings (SSSR count). The van der Waals surface area contributed by atoms with Crippen LogP contribution in [0.3, 0.4) is 0 Å². The molecule has 0 saturated carbocycles. The second kappa shape index (κ2) is 11.7. The second-order valence-corrected chi connectivity index (χ2v) is 8.52. The predicted octanol–water partition coefficient (Wildman–Crippen LogP) is 6.40. The molecule has 1 atom stereocenters. The molecule has 3 aromatic rings. The molecule has 0 aliphatic carbocycles. The van der Waals surface area contributed by atoms with Gasteiger partial charge >= 0.3 is 0 Å². The van der Waals surface area contributed by atoms with Gasteiger partial charge in [-0.3, -0.25) is 4.90 Å². The van der Waals surface area contributed by atoms with Crippen molar-refractivity contribution >= 4 is 17.5 Å². The third-order valence-corrected chi connectivity index (χ3v) is 5.90. The van der Waals surface area contributed by atoms with E-state index < -0.39 is 0 Å². The van der Waals surface area contributed by atoms with Gasteiger partial charge in [0.25, 0.3) is 0 Å². The van der Waals surface area contributed by atoms with Crippen LogP contribution in [0.15, 0.2) is 52.9 Å². The highest BCUT2D eigenvalue weighted by atomic mass is 35.5. The lowest BCUT2D eigenvalue weighted by atomic mass is 9.98. The van der Waals surface area contributed by atoms with E-state index >= 15 is 0 Å². The molecule has 6 nitrogen and oxygen atoms in total. The van der Waals surface area contributed by atoms with Crippen LogP contribution < -0.4 is 10.1 Å². The summed E-state index contributed by atoms with van der Waals surface area (Å²) in [5.74, 6) is 1.84. The average Bonchev–Trinajstić information content (AvgIpc) is 3.23. The molecule has 0 amide bonds. The Morgan fingerprint density at radius 2 is 1.70 bits per heavy atom. The minimum absolute atomic E-state index is 0.119. The molecule has 0 radical (unpaired) electrons. The first-order valence-corrected chi connectivity index (χ1v) is 11.7. The minimum Gasteiger partial charge on any atom is -0.484 e. The Hall–Kier alpha value is -3.01. The molecule has 1 N–H and O–H groups in total. The van der Waals surface area contributed by atoms with Gasteiger partial charge in [-0.15, -0.1) is 0 Å². The lowest BCUT2D eigenvalue weighted by Gasteiger charge is -2.30. The number of anilines is 1. The lowest BCUT2D eigenvalue weighted by Crippen LogP contribution is -2.33. The zero-order valence-corrected chi connectivity index (χ0v) is 20.4. The summed E-state index contributed by atoms with van der Waals surface area (Å²) < 4.78 is 11.5. The highest BCUT2D eigenvalue weighted by Crippen LogP contribution is 2.26. The molecule has 0 unspecified atom stereocenters. The molecule has 0 bridgehead atoms. The molecule has 174 valence electrons. The van der Waals surface area contributed by atoms with Crippen molar-refractivity contribution in [2.24, 2.45) is 0 Å². The van der Waals surface area contributed by atoms with E-state index in [0.29, 0.717) is 35.0 Å². The molecule has 7 heteroatoms. The molecular weight excluding hydrogens is 436 g/mol. The summed E-state index contributed by atoms with van der Waals surface area (Å²) in [6.45, 7) is 11.2. The maximum absolute atomic E-state index is 9.54. The number of benzene rings is 2. The number of oxazole rings is 1. The largest absolute Gasteiger partial charge is 0.484 e. The molecule has 0 aliphatic rings. The van der Waals surface area contributed by atoms with E-state index in [1.807, 2.05) is 0 Å². The zero-order chi connectivity index (χ0) is 23.8. The van der Waals surface area contributed by atoms with Crippen LogP contribution in [-0.2, 0) is 6.61 Å². The minimum atomic E-state index is 0.119. The fourth-order valence-corrected chi connectivity index (χ4v) is 3.84. The van der Waals surface area contributed by atoms with Crippen LogP contribution in [0.5, 0.6) is 5.75 Å². The van der Waals surface area contributed by atoms with Crippen molar-refractivity contribution in [3.05, 3.63) is 76.3 Å². The van der Waals surface area contributed by atoms with Gasteiger partial charge in [-0.2, -0.15) is 10.2 Å². The van der Waals surface area contributed by atoms with E-state index in [1.54, 1.807) is 24.3 Å². The van der Waals surface area contributed by atoms with E-state index in [1.165, 1.54) is 11.1 Å². The van der Waals surface area contributed by atoms with E-state index in [2.05, 4.69) is 73.2 Å². The third-order valence-electron chi connectivity index (χ3n) is 5.65. The number of aromatic nitrogens is 1. The molecule has 1 aromatic heterocycles. The predicted molar refractivity (Wildman–Crippen MR) is 132 cm³/mol. The number of ether oxygens (including phenoxy) is 1. The topological polar surface area (TPSA) is 74.3 Å². The number of halogens is 1. The van der Waals surface area contributed by atoms with Gasteiger partial charge in [-0.05, 0) is 54.4 Å². The molecule has 2 aromatic carbocycles. The number of nitriles is 1. The number of hydrogen-bond acceptors (Lipinski definition) is 6. The fraction of sp³-hybridized carbons (Fsp3) is 0.385. The first kappa shape index (κ1) is 24.6. The Balaban J connectivity index is 1.72. The van der Waals surface area contributed by atoms with Crippen molar-refractivity contribution in [2.45, 2.75) is 46.3 Å². The quantitative estimate of drug-likeness (QED) is 0.352. The number of nitrogens with one attached hydrogen (secondary N) is 1. The molecule has 0 saturated heterocycles. The van der Waals surface area contributed by atoms with E-state index in [4.69, 9.17) is 20.8 Å². The normalized spacial score (nSPS) is 12.1. The Morgan fingerprint density at radius 3 is 2.27 bits per heavy atom. The maximum atomic E-state index is 9.54. The number of nitrogens with zero attached hydrogens (tertiary/aromatic N) is 3. The van der Waals surface area contributed by atoms with Gasteiger partial charge in [0.2, 0.25) is 17.5 Å². The molecule has 33 heavy (non-hydrogen) atoms. The molecular formula is C26H31ClN4O2. The molecule has 0 aliphatic heterocycles. The van der Waals surface area contributed by atoms with Crippen LogP contribution >= 0.6 is 11.6 Å². The summed E-state index contributed by atoms with van der Waals surface area (Å²) in [6, 6.07) is 18.1. The van der Waals surface area contributed by atoms with Crippen molar-refractivity contribution in [3.8, 4) is 11.8 Å². The Kier molecular flexibility index (Phi) is 8.76. The SMILES string of the molecule is CCN(CC)[C@H](CNc1oc(COc2ccc(Cl)cc2)nc1C#N)c1ccc(C(C)C)cc1. The van der Waals surface area contributed by atoms with Crippen LogP contribution in [0.1, 0.15) is 62.4 Å². The molecule has 0 spiro atoms. The zero-order valence-electron chi connectivity index (χ0n) is 19.6. The van der Waals surface area contributed by atoms with Gasteiger partial charge in [0.05, 0.1) is 6.04 Å². The average molecular weight is 467 g/mol. The van der Waals surface area contributed by atoms with Gasteiger partial charge in [-0.1, -0.05) is 63.6 Å². The van der Waals surface area contributed by atoms with Gasteiger partial charge in [0.1, 0.15) is 11.8 Å². The monoisotopic (exact) mass is 466 g/mol. The van der Waals surface area contributed by atoms with Crippen LogP contribution in [0, 0.1) is 11.3 Å². The van der Waals surface area contributed by atoms with Crippen molar-refractivity contribution in [2.75, 3.05) is 25.0 Å². The summed E-state index contributed by atoms with van der Waals surface area (Å²) in [6.07, 6.45) is 0. The Morgan fingerprint density at radius 1 is 1.06 bits per heavy atom. The second-order valence-electron chi connectivity index (χ2n) is 8.08. The summed E-state index contributed by atoms with van der Waals surface area (Å²) >= 11 is 5.91. The number of likely N-dealkylation sites (N-methyl/N-ethyl adjacent to an activating group) is 1. The Labute approximate surface area is 201 Å². The first-order valence-electron chi connectivity index (χ1n) is 11.3. The standard InChI is InChI=1S/C26H31ClN4O2/c1-5-31(6-2)24(20-9-7-19(8-10-20)18(3)4)16-29-26-23(15-28)30-25(33-26)17-32-22-13-11-21(27)12-14-22/h7-14,18,24,29H,5-6,16-17H2,1-4H3/t24-/m1/s1. The Bertz CT molecular complexity index is 1050. The van der Waals surface area contributed by atoms with E-state index in [-0.39, 0.29) is 18.3 Å². The lowest BCUT2D eigenvalue weighted by molar-refractivity contribution is 0.227. The van der Waals surface area contributed by atoms with Crippen molar-refractivity contribution in [1.82, 2.24) is 9.88 Å². The third kappa shape index (κ3) is 6.50. The van der Waals surface area contributed by atoms with Crippen molar-refractivity contribution in [1.29, 1.82) is 5.26 Å². The van der Waals surface area contributed by atoms with Crippen LogP contribution in [-0.4, -0.2) is 29.5 Å². The number of hydrogen-bond donors (Lipinski definition) is 1. The first-order chi connectivity index (χ1) is 15.9. The van der Waals surface area contributed by atoms with Crippen LogP contribution in [0.25, 0.3) is 0 Å². The summed E-state index contributed by atoms with van der Waals surface area (Å²) in [5, 5.41) is 13.5. The van der Waals surface area contributed by atoms with Crippen LogP contribution in [0.4, 0.5) is 5.88 Å². The molecule has 1 heterocycles. The maximum Gasteiger partial charge on any atom is 0.236 e. The van der Waals surface area contributed by atoms with Gasteiger partial charge in [0.15, 0.2) is 6.61 Å². The van der Waals surface area contributed by atoms with E-state index in [9.17, 15) is 5.26 Å². The summed E-state index contributed by atoms with van der Waals surface area (Å²) in [5.41, 5.74) is 2.76. The molecule has 0 fully saturated rings. The van der Waals surface area contributed by atoms with E-state index in [0.717, 1.165) is 13.1 Å². The van der Waals surface area contributed by atoms with Gasteiger partial charge < -0.3 is 14.5 Å². The smallest absolute Gasteiger partial charge is 0.236 e. The van der Waals surface area contributed by atoms with Crippen LogP contribution in [0.2, 0.25) is 5.02 Å². The summed E-state index contributed by atoms with van der Waals surface area (Å²) in [4.78, 5) is 6.65. The highest BCUT2D eigenvalue weighted by molar-refractivity contribution is 6.30. The highest BCUT2D eigenvalue weighted by Gasteiger charge is 2.21.